The number of rotatable bonds is 3. The number of benzene rings is 1. The lowest BCUT2D eigenvalue weighted by molar-refractivity contribution is -0.0389. The van der Waals surface area contributed by atoms with Gasteiger partial charge in [-0.15, -0.1) is 0 Å². The summed E-state index contributed by atoms with van der Waals surface area (Å²) in [5.41, 5.74) is 0.195. The highest BCUT2D eigenvalue weighted by molar-refractivity contribution is 6.04. The Balaban J connectivity index is 2.12. The van der Waals surface area contributed by atoms with E-state index in [0.717, 1.165) is 0 Å². The summed E-state index contributed by atoms with van der Waals surface area (Å²) in [4.78, 5) is 27.7. The molecule has 1 amide bonds. The number of carbonyl (C=O) groups is 1. The molecule has 6 nitrogen and oxygen atoms in total. The number of hydrogen-bond acceptors (Lipinski definition) is 4. The van der Waals surface area contributed by atoms with Crippen LogP contribution in [0.2, 0.25) is 0 Å². The van der Waals surface area contributed by atoms with Gasteiger partial charge in [-0.05, 0) is 25.8 Å². The zero-order valence-corrected chi connectivity index (χ0v) is 15.2. The van der Waals surface area contributed by atoms with Gasteiger partial charge in [-0.3, -0.25) is 9.59 Å². The first kappa shape index (κ1) is 17.6. The van der Waals surface area contributed by atoms with Crippen molar-refractivity contribution >= 4 is 16.7 Å². The van der Waals surface area contributed by atoms with Crippen molar-refractivity contribution in [3.8, 4) is 0 Å². The molecule has 2 atom stereocenters. The molecule has 0 saturated carbocycles. The van der Waals surface area contributed by atoms with Crippen LogP contribution >= 0.6 is 0 Å². The van der Waals surface area contributed by atoms with Crippen molar-refractivity contribution in [2.24, 2.45) is 5.92 Å². The van der Waals surface area contributed by atoms with Gasteiger partial charge in [0.15, 0.2) is 5.69 Å². The van der Waals surface area contributed by atoms with Gasteiger partial charge in [0.05, 0.1) is 24.1 Å². The topological polar surface area (TPSA) is 64.4 Å². The molecule has 1 aliphatic heterocycles. The van der Waals surface area contributed by atoms with E-state index in [1.165, 1.54) is 4.68 Å². The molecule has 134 valence electrons. The van der Waals surface area contributed by atoms with E-state index in [2.05, 4.69) is 5.10 Å². The van der Waals surface area contributed by atoms with Crippen molar-refractivity contribution < 1.29 is 9.53 Å². The highest BCUT2D eigenvalue weighted by Gasteiger charge is 2.30. The molecular formula is C19H25N3O3. The Morgan fingerprint density at radius 1 is 1.28 bits per heavy atom. The van der Waals surface area contributed by atoms with Crippen LogP contribution in [0.15, 0.2) is 29.1 Å². The van der Waals surface area contributed by atoms with Gasteiger partial charge in [0, 0.05) is 18.5 Å². The summed E-state index contributed by atoms with van der Waals surface area (Å²) in [5.74, 6) is 0.119. The first-order valence-electron chi connectivity index (χ1n) is 8.81. The van der Waals surface area contributed by atoms with Crippen molar-refractivity contribution in [2.45, 2.75) is 46.4 Å². The van der Waals surface area contributed by atoms with E-state index >= 15 is 0 Å². The molecule has 2 heterocycles. The number of amides is 1. The summed E-state index contributed by atoms with van der Waals surface area (Å²) >= 11 is 0. The molecule has 0 bridgehead atoms. The molecule has 25 heavy (non-hydrogen) atoms. The monoisotopic (exact) mass is 343 g/mol. The number of carbonyl (C=O) groups excluding carboxylic acids is 1. The predicted octanol–water partition coefficient (Wildman–Crippen LogP) is 2.30. The van der Waals surface area contributed by atoms with Gasteiger partial charge >= 0.3 is 0 Å². The van der Waals surface area contributed by atoms with E-state index in [1.54, 1.807) is 17.0 Å². The lowest BCUT2D eigenvalue weighted by atomic mass is 10.1. The third kappa shape index (κ3) is 3.44. The molecule has 1 aromatic carbocycles. The first-order chi connectivity index (χ1) is 11.9. The van der Waals surface area contributed by atoms with Crippen LogP contribution in [0.3, 0.4) is 0 Å². The number of fused-ring (bicyclic) bond motifs is 1. The second kappa shape index (κ2) is 6.96. The number of hydrogen-bond donors (Lipinski definition) is 0. The second-order valence-corrected chi connectivity index (χ2v) is 7.23. The van der Waals surface area contributed by atoms with E-state index in [-0.39, 0.29) is 29.5 Å². The maximum Gasteiger partial charge on any atom is 0.275 e. The van der Waals surface area contributed by atoms with Crippen LogP contribution < -0.4 is 5.56 Å². The number of nitrogens with zero attached hydrogens (tertiary/aromatic N) is 3. The molecule has 0 radical (unpaired) electrons. The Kier molecular flexibility index (Phi) is 4.90. The largest absolute Gasteiger partial charge is 0.375 e. The van der Waals surface area contributed by atoms with Gasteiger partial charge in [-0.1, -0.05) is 32.0 Å². The van der Waals surface area contributed by atoms with Crippen LogP contribution in [0.5, 0.6) is 0 Å². The van der Waals surface area contributed by atoms with Crippen LogP contribution in [0.1, 0.15) is 38.2 Å². The summed E-state index contributed by atoms with van der Waals surface area (Å²) in [7, 11) is 0. The zero-order chi connectivity index (χ0) is 18.1. The fourth-order valence-corrected chi connectivity index (χ4v) is 3.18. The van der Waals surface area contributed by atoms with Gasteiger partial charge in [0.1, 0.15) is 0 Å². The highest BCUT2D eigenvalue weighted by atomic mass is 16.5. The lowest BCUT2D eigenvalue weighted by Crippen LogP contribution is -2.50. The van der Waals surface area contributed by atoms with E-state index in [9.17, 15) is 9.59 Å². The van der Waals surface area contributed by atoms with Gasteiger partial charge in [-0.25, -0.2) is 4.68 Å². The molecule has 3 rings (SSSR count). The lowest BCUT2D eigenvalue weighted by Gasteiger charge is -2.36. The SMILES string of the molecule is CC(C)Cn1nc(C(=O)N2CC(C)OCC2C)c2ccccc2c1=O. The molecule has 1 saturated heterocycles. The maximum absolute atomic E-state index is 13.2. The van der Waals surface area contributed by atoms with E-state index in [0.29, 0.717) is 36.2 Å². The summed E-state index contributed by atoms with van der Waals surface area (Å²) < 4.78 is 7.05. The van der Waals surface area contributed by atoms with Crippen LogP contribution in [0, 0.1) is 5.92 Å². The van der Waals surface area contributed by atoms with E-state index in [4.69, 9.17) is 4.74 Å². The minimum absolute atomic E-state index is 0.00650. The molecule has 0 N–H and O–H groups in total. The Morgan fingerprint density at radius 3 is 2.64 bits per heavy atom. The summed E-state index contributed by atoms with van der Waals surface area (Å²) in [6.07, 6.45) is -0.00650. The Hall–Kier alpha value is -2.21. The predicted molar refractivity (Wildman–Crippen MR) is 96.8 cm³/mol. The molecule has 1 aliphatic rings. The zero-order valence-electron chi connectivity index (χ0n) is 15.2. The normalized spacial score (nSPS) is 21.1. The highest BCUT2D eigenvalue weighted by Crippen LogP contribution is 2.19. The van der Waals surface area contributed by atoms with Crippen LogP contribution in [0.25, 0.3) is 10.8 Å². The minimum atomic E-state index is -0.149. The third-order valence-electron chi connectivity index (χ3n) is 4.48. The Morgan fingerprint density at radius 2 is 1.96 bits per heavy atom. The van der Waals surface area contributed by atoms with Crippen molar-refractivity contribution in [2.75, 3.05) is 13.2 Å². The quantitative estimate of drug-likeness (QED) is 0.858. The summed E-state index contributed by atoms with van der Waals surface area (Å²) in [6.45, 7) is 9.50. The molecule has 2 aromatic rings. The van der Waals surface area contributed by atoms with Crippen molar-refractivity contribution in [3.63, 3.8) is 0 Å². The standard InChI is InChI=1S/C19H25N3O3/c1-12(2)9-22-18(23)16-8-6-5-7-15(16)17(20-22)19(24)21-10-14(4)25-11-13(21)3/h5-8,12-14H,9-11H2,1-4H3. The maximum atomic E-state index is 13.2. The molecule has 1 fully saturated rings. The summed E-state index contributed by atoms with van der Waals surface area (Å²) in [5, 5.41) is 5.60. The van der Waals surface area contributed by atoms with Crippen molar-refractivity contribution in [3.05, 3.63) is 40.3 Å². The number of aromatic nitrogens is 2. The third-order valence-corrected chi connectivity index (χ3v) is 4.48. The number of morpholine rings is 1. The number of ether oxygens (including phenoxy) is 1. The molecule has 2 unspecified atom stereocenters. The van der Waals surface area contributed by atoms with Crippen LogP contribution in [0.4, 0.5) is 0 Å². The average Bonchev–Trinajstić information content (AvgIpc) is 2.58. The molecule has 0 aliphatic carbocycles. The van der Waals surface area contributed by atoms with Gasteiger partial charge in [0.25, 0.3) is 11.5 Å². The second-order valence-electron chi connectivity index (χ2n) is 7.23. The Bertz CT molecular complexity index is 843. The molecule has 1 aromatic heterocycles. The van der Waals surface area contributed by atoms with Gasteiger partial charge < -0.3 is 9.64 Å². The van der Waals surface area contributed by atoms with E-state index < -0.39 is 0 Å². The smallest absolute Gasteiger partial charge is 0.275 e. The molecule has 0 spiro atoms. The molecular weight excluding hydrogens is 318 g/mol. The minimum Gasteiger partial charge on any atom is -0.375 e. The Labute approximate surface area is 147 Å². The summed E-state index contributed by atoms with van der Waals surface area (Å²) in [6, 6.07) is 7.19. The van der Waals surface area contributed by atoms with E-state index in [1.807, 2.05) is 39.8 Å². The van der Waals surface area contributed by atoms with Gasteiger partial charge in [-0.2, -0.15) is 5.10 Å². The average molecular weight is 343 g/mol. The van der Waals surface area contributed by atoms with Crippen molar-refractivity contribution in [1.82, 2.24) is 14.7 Å². The van der Waals surface area contributed by atoms with Crippen LogP contribution in [-0.2, 0) is 11.3 Å². The van der Waals surface area contributed by atoms with Crippen molar-refractivity contribution in [1.29, 1.82) is 0 Å². The first-order valence-corrected chi connectivity index (χ1v) is 8.81. The fourth-order valence-electron chi connectivity index (χ4n) is 3.18. The molecule has 6 heteroatoms. The van der Waals surface area contributed by atoms with Crippen LogP contribution in [-0.4, -0.2) is 45.9 Å². The fraction of sp³-hybridized carbons (Fsp3) is 0.526. The van der Waals surface area contributed by atoms with Gasteiger partial charge in [0.2, 0.25) is 0 Å².